The van der Waals surface area contributed by atoms with Gasteiger partial charge in [0.25, 0.3) is 0 Å². The molecule has 1 N–H and O–H groups in total. The largest absolute Gasteiger partial charge is 0.396 e. The maximum atomic E-state index is 9.44. The first-order valence-electron chi connectivity index (χ1n) is 7.56. The normalized spacial score (nSPS) is 52.1. The lowest BCUT2D eigenvalue weighted by atomic mass is 9.69. The number of aliphatic hydroxyl groups is 1. The van der Waals surface area contributed by atoms with Crippen molar-refractivity contribution in [3.63, 3.8) is 0 Å². The summed E-state index contributed by atoms with van der Waals surface area (Å²) in [5.41, 5.74) is 1.20. The van der Waals surface area contributed by atoms with Crippen LogP contribution in [-0.2, 0) is 0 Å². The van der Waals surface area contributed by atoms with Gasteiger partial charge in [0, 0.05) is 6.61 Å². The summed E-state index contributed by atoms with van der Waals surface area (Å²) < 4.78 is 0. The Morgan fingerprint density at radius 2 is 1.94 bits per heavy atom. The predicted molar refractivity (Wildman–Crippen MR) is 70.6 cm³/mol. The minimum atomic E-state index is 0.408. The van der Waals surface area contributed by atoms with Crippen LogP contribution in [0.3, 0.4) is 0 Å². The SMILES string of the molecule is CCC(CO)C1CC1C1CC2CC2(C)C1(C)C. The van der Waals surface area contributed by atoms with Gasteiger partial charge >= 0.3 is 0 Å². The molecule has 3 rings (SSSR count). The molecule has 0 bridgehead atoms. The third kappa shape index (κ3) is 1.47. The Morgan fingerprint density at radius 3 is 2.41 bits per heavy atom. The van der Waals surface area contributed by atoms with E-state index in [0.717, 1.165) is 30.1 Å². The number of hydrogen-bond donors (Lipinski definition) is 1. The lowest BCUT2D eigenvalue weighted by Crippen LogP contribution is -2.30. The summed E-state index contributed by atoms with van der Waals surface area (Å²) in [4.78, 5) is 0. The highest BCUT2D eigenvalue weighted by molar-refractivity contribution is 5.18. The van der Waals surface area contributed by atoms with Crippen molar-refractivity contribution in [3.05, 3.63) is 0 Å². The van der Waals surface area contributed by atoms with Gasteiger partial charge in [-0.2, -0.15) is 0 Å². The molecule has 6 unspecified atom stereocenters. The van der Waals surface area contributed by atoms with E-state index in [2.05, 4.69) is 27.7 Å². The summed E-state index contributed by atoms with van der Waals surface area (Å²) in [6.45, 7) is 10.2. The van der Waals surface area contributed by atoms with E-state index in [1.165, 1.54) is 19.3 Å². The molecule has 0 heterocycles. The highest BCUT2D eigenvalue weighted by Crippen LogP contribution is 2.77. The number of hydrogen-bond acceptors (Lipinski definition) is 1. The van der Waals surface area contributed by atoms with Gasteiger partial charge < -0.3 is 5.11 Å². The van der Waals surface area contributed by atoms with Crippen molar-refractivity contribution >= 4 is 0 Å². The Kier molecular flexibility index (Phi) is 2.47. The van der Waals surface area contributed by atoms with Crippen molar-refractivity contribution < 1.29 is 5.11 Å². The first-order chi connectivity index (χ1) is 7.95. The second kappa shape index (κ2) is 3.50. The number of rotatable bonds is 4. The standard InChI is InChI=1S/C16H28O/c1-5-10(9-17)12-7-13(12)14-6-11-8-16(11,4)15(14,2)3/h10-14,17H,5-9H2,1-4H3. The predicted octanol–water partition coefficient (Wildman–Crippen LogP) is 3.71. The molecule has 0 aromatic heterocycles. The molecule has 0 aromatic carbocycles. The molecule has 3 saturated carbocycles. The molecule has 17 heavy (non-hydrogen) atoms. The van der Waals surface area contributed by atoms with Crippen molar-refractivity contribution in [1.82, 2.24) is 0 Å². The van der Waals surface area contributed by atoms with Crippen LogP contribution in [0.5, 0.6) is 0 Å². The van der Waals surface area contributed by atoms with Gasteiger partial charge in [0.05, 0.1) is 0 Å². The third-order valence-electron chi connectivity index (χ3n) is 7.12. The highest BCUT2D eigenvalue weighted by Gasteiger charge is 2.70. The maximum absolute atomic E-state index is 9.44. The highest BCUT2D eigenvalue weighted by atomic mass is 16.3. The molecular formula is C16H28O. The zero-order valence-electron chi connectivity index (χ0n) is 11.9. The lowest BCUT2D eigenvalue weighted by molar-refractivity contribution is 0.115. The second-order valence-electron chi connectivity index (χ2n) is 7.80. The molecule has 0 radical (unpaired) electrons. The Balaban J connectivity index is 1.69. The van der Waals surface area contributed by atoms with Crippen molar-refractivity contribution in [2.75, 3.05) is 6.61 Å². The summed E-state index contributed by atoms with van der Waals surface area (Å²) in [7, 11) is 0. The van der Waals surface area contributed by atoms with Crippen molar-refractivity contribution in [2.45, 2.75) is 53.4 Å². The van der Waals surface area contributed by atoms with Crippen LogP contribution in [-0.4, -0.2) is 11.7 Å². The van der Waals surface area contributed by atoms with Gasteiger partial charge in [0.2, 0.25) is 0 Å². The van der Waals surface area contributed by atoms with Crippen molar-refractivity contribution in [3.8, 4) is 0 Å². The van der Waals surface area contributed by atoms with Gasteiger partial charge in [-0.3, -0.25) is 0 Å². The van der Waals surface area contributed by atoms with Crippen LogP contribution < -0.4 is 0 Å². The molecule has 0 amide bonds. The first kappa shape index (κ1) is 12.0. The smallest absolute Gasteiger partial charge is 0.0461 e. The molecule has 0 spiro atoms. The van der Waals surface area contributed by atoms with E-state index in [-0.39, 0.29) is 0 Å². The fourth-order valence-corrected chi connectivity index (χ4v) is 5.13. The molecule has 0 aromatic rings. The quantitative estimate of drug-likeness (QED) is 0.789. The zero-order chi connectivity index (χ0) is 12.4. The van der Waals surface area contributed by atoms with Gasteiger partial charge in [-0.1, -0.05) is 34.1 Å². The molecule has 3 aliphatic carbocycles. The molecule has 0 aliphatic heterocycles. The van der Waals surface area contributed by atoms with E-state index in [0.29, 0.717) is 23.4 Å². The average Bonchev–Trinajstić information content (AvgIpc) is 3.13. The Labute approximate surface area is 106 Å². The summed E-state index contributed by atoms with van der Waals surface area (Å²) >= 11 is 0. The Bertz CT molecular complexity index is 317. The monoisotopic (exact) mass is 236 g/mol. The number of fused-ring (bicyclic) bond motifs is 1. The Morgan fingerprint density at radius 1 is 1.24 bits per heavy atom. The molecular weight excluding hydrogens is 208 g/mol. The zero-order valence-corrected chi connectivity index (χ0v) is 11.9. The van der Waals surface area contributed by atoms with E-state index in [1.807, 2.05) is 0 Å². The summed E-state index contributed by atoms with van der Waals surface area (Å²) in [5, 5.41) is 9.44. The fourth-order valence-electron chi connectivity index (χ4n) is 5.13. The molecule has 6 atom stereocenters. The van der Waals surface area contributed by atoms with Crippen LogP contribution in [0.15, 0.2) is 0 Å². The van der Waals surface area contributed by atoms with E-state index < -0.39 is 0 Å². The van der Waals surface area contributed by atoms with Gasteiger partial charge in [0.1, 0.15) is 0 Å². The van der Waals surface area contributed by atoms with E-state index in [1.54, 1.807) is 0 Å². The van der Waals surface area contributed by atoms with E-state index >= 15 is 0 Å². The van der Waals surface area contributed by atoms with Crippen LogP contribution >= 0.6 is 0 Å². The van der Waals surface area contributed by atoms with Gasteiger partial charge in [-0.05, 0) is 59.7 Å². The van der Waals surface area contributed by atoms with E-state index in [9.17, 15) is 5.11 Å². The molecule has 3 fully saturated rings. The molecule has 0 saturated heterocycles. The molecule has 98 valence electrons. The summed E-state index contributed by atoms with van der Waals surface area (Å²) in [5.74, 6) is 4.33. The van der Waals surface area contributed by atoms with Gasteiger partial charge in [-0.15, -0.1) is 0 Å². The number of aliphatic hydroxyl groups excluding tert-OH is 1. The van der Waals surface area contributed by atoms with Crippen LogP contribution in [0, 0.1) is 40.4 Å². The second-order valence-corrected chi connectivity index (χ2v) is 7.80. The fraction of sp³-hybridized carbons (Fsp3) is 1.00. The van der Waals surface area contributed by atoms with Gasteiger partial charge in [0.15, 0.2) is 0 Å². The summed E-state index contributed by atoms with van der Waals surface area (Å²) in [6.07, 6.45) is 5.51. The van der Waals surface area contributed by atoms with Crippen LogP contribution in [0.1, 0.15) is 53.4 Å². The molecule has 1 nitrogen and oxygen atoms in total. The van der Waals surface area contributed by atoms with Crippen molar-refractivity contribution in [2.24, 2.45) is 40.4 Å². The maximum Gasteiger partial charge on any atom is 0.0461 e. The van der Waals surface area contributed by atoms with Gasteiger partial charge in [-0.25, -0.2) is 0 Å². The topological polar surface area (TPSA) is 20.2 Å². The molecule has 3 aliphatic rings. The summed E-state index contributed by atoms with van der Waals surface area (Å²) in [6, 6.07) is 0. The van der Waals surface area contributed by atoms with Crippen LogP contribution in [0.2, 0.25) is 0 Å². The van der Waals surface area contributed by atoms with Crippen molar-refractivity contribution in [1.29, 1.82) is 0 Å². The van der Waals surface area contributed by atoms with Crippen LogP contribution in [0.4, 0.5) is 0 Å². The lowest BCUT2D eigenvalue weighted by Gasteiger charge is -2.36. The van der Waals surface area contributed by atoms with Crippen LogP contribution in [0.25, 0.3) is 0 Å². The minimum absolute atomic E-state index is 0.408. The molecule has 1 heteroatoms. The Hall–Kier alpha value is -0.0400. The minimum Gasteiger partial charge on any atom is -0.396 e. The first-order valence-corrected chi connectivity index (χ1v) is 7.56. The van der Waals surface area contributed by atoms with E-state index in [4.69, 9.17) is 0 Å². The third-order valence-corrected chi connectivity index (χ3v) is 7.12. The average molecular weight is 236 g/mol.